The quantitative estimate of drug-likeness (QED) is 0.0983. The molecule has 56 heavy (non-hydrogen) atoms. The number of fused-ring (bicyclic) bond motifs is 16. The second-order valence-corrected chi connectivity index (χ2v) is 14.9. The van der Waals surface area contributed by atoms with E-state index in [-0.39, 0.29) is 20.4 Å². The molecule has 0 radical (unpaired) electrons. The normalized spacial score (nSPS) is 12.1. The van der Waals surface area contributed by atoms with E-state index in [1.165, 1.54) is 27.6 Å². The molecule has 11 rings (SSSR count). The third-order valence-electron chi connectivity index (χ3n) is 11.0. The fourth-order valence-corrected chi connectivity index (χ4v) is 8.55. The van der Waals surface area contributed by atoms with Gasteiger partial charge in [0.15, 0.2) is 0 Å². The zero-order valence-electron chi connectivity index (χ0n) is 31.1. The first-order chi connectivity index (χ1) is 26.9. The molecular formula is C48H34N6OPd. The molecule has 5 aromatic heterocycles. The molecule has 0 bridgehead atoms. The van der Waals surface area contributed by atoms with Gasteiger partial charge in [0, 0.05) is 29.4 Å². The predicted molar refractivity (Wildman–Crippen MR) is 222 cm³/mol. The summed E-state index contributed by atoms with van der Waals surface area (Å²) in [5.74, 6) is 1.83. The summed E-state index contributed by atoms with van der Waals surface area (Å²) in [7, 11) is 0. The number of hydrogen-bond donors (Lipinski definition) is 0. The summed E-state index contributed by atoms with van der Waals surface area (Å²) < 4.78 is 11.0. The minimum Gasteiger partial charge on any atom is -0.497 e. The number of pyridine rings is 2. The van der Waals surface area contributed by atoms with Crippen LogP contribution in [-0.2, 0) is 20.4 Å². The maximum Gasteiger partial charge on any atom is 2.00 e. The molecule has 0 spiro atoms. The first kappa shape index (κ1) is 34.3. The second-order valence-electron chi connectivity index (χ2n) is 14.9. The molecule has 0 N–H and O–H groups in total. The van der Waals surface area contributed by atoms with Gasteiger partial charge in [-0.25, -0.2) is 4.98 Å². The molecule has 0 unspecified atom stereocenters. The maximum atomic E-state index is 6.66. The first-order valence-electron chi connectivity index (χ1n) is 18.8. The van der Waals surface area contributed by atoms with Crippen molar-refractivity contribution >= 4 is 77.0 Å². The topological polar surface area (TPSA) is 69.6 Å². The van der Waals surface area contributed by atoms with Crippen LogP contribution in [0.3, 0.4) is 0 Å². The molecule has 0 amide bonds. The van der Waals surface area contributed by atoms with Crippen LogP contribution in [0.2, 0.25) is 0 Å². The Morgan fingerprint density at radius 2 is 1.09 bits per heavy atom. The van der Waals surface area contributed by atoms with Gasteiger partial charge in [-0.1, -0.05) is 128 Å². The molecule has 7 nitrogen and oxygen atoms in total. The maximum absolute atomic E-state index is 6.66. The third kappa shape index (κ3) is 4.99. The summed E-state index contributed by atoms with van der Waals surface area (Å²) >= 11 is 0. The summed E-state index contributed by atoms with van der Waals surface area (Å²) in [6, 6.07) is 45.3. The number of benzene rings is 6. The number of para-hydroxylation sites is 4. The van der Waals surface area contributed by atoms with Gasteiger partial charge in [-0.05, 0) is 69.8 Å². The van der Waals surface area contributed by atoms with E-state index in [0.29, 0.717) is 23.3 Å². The largest absolute Gasteiger partial charge is 2.00 e. The molecule has 11 aromatic rings. The van der Waals surface area contributed by atoms with Crippen LogP contribution in [0, 0.1) is 12.1 Å². The van der Waals surface area contributed by atoms with Crippen LogP contribution in [0.1, 0.15) is 50.7 Å². The zero-order chi connectivity index (χ0) is 36.9. The minimum atomic E-state index is 0. The molecule has 0 aliphatic heterocycles. The average Bonchev–Trinajstić information content (AvgIpc) is 3.81. The van der Waals surface area contributed by atoms with E-state index >= 15 is 0 Å². The predicted octanol–water partition coefficient (Wildman–Crippen LogP) is 12.0. The van der Waals surface area contributed by atoms with Crippen molar-refractivity contribution in [2.24, 2.45) is 0 Å². The number of rotatable bonds is 5. The van der Waals surface area contributed by atoms with Crippen molar-refractivity contribution in [2.75, 3.05) is 0 Å². The number of hydrogen-bond acceptors (Lipinski definition) is 5. The molecule has 0 aliphatic rings. The van der Waals surface area contributed by atoms with Crippen LogP contribution in [0.4, 0.5) is 0 Å². The number of aromatic nitrogens is 6. The van der Waals surface area contributed by atoms with E-state index in [2.05, 4.69) is 115 Å². The number of nitrogens with zero attached hydrogens (tertiary/aromatic N) is 6. The van der Waals surface area contributed by atoms with Gasteiger partial charge in [-0.15, -0.1) is 12.1 Å². The van der Waals surface area contributed by atoms with E-state index in [9.17, 15) is 0 Å². The molecule has 272 valence electrons. The van der Waals surface area contributed by atoms with Crippen LogP contribution in [0.15, 0.2) is 122 Å². The van der Waals surface area contributed by atoms with Crippen LogP contribution in [-0.4, -0.2) is 28.7 Å². The SMILES string of the molecule is CC(C)c1cccc(C(C)C)c1-c1cccc2c1c1ccc(Oc3[c-]c4c(cc3)c3nccnc3n3c5ccccc5nc43)[c-]c1c1nc3ccccc3n21.[Pd+2]. The van der Waals surface area contributed by atoms with Crippen molar-refractivity contribution in [3.8, 4) is 22.6 Å². The summed E-state index contributed by atoms with van der Waals surface area (Å²) in [5.41, 5.74) is 13.3. The van der Waals surface area contributed by atoms with Gasteiger partial charge in [0.2, 0.25) is 0 Å². The Kier molecular flexibility index (Phi) is 7.93. The van der Waals surface area contributed by atoms with Crippen molar-refractivity contribution in [3.05, 3.63) is 145 Å². The summed E-state index contributed by atoms with van der Waals surface area (Å²) in [5, 5.41) is 4.86. The number of ether oxygens (including phenoxy) is 1. The second kappa shape index (κ2) is 12.9. The van der Waals surface area contributed by atoms with E-state index < -0.39 is 0 Å². The smallest absolute Gasteiger partial charge is 0.497 e. The Labute approximate surface area is 336 Å². The van der Waals surface area contributed by atoms with Crippen LogP contribution in [0.25, 0.3) is 88.1 Å². The molecule has 0 aliphatic carbocycles. The minimum absolute atomic E-state index is 0. The van der Waals surface area contributed by atoms with Crippen molar-refractivity contribution in [2.45, 2.75) is 39.5 Å². The van der Waals surface area contributed by atoms with Crippen molar-refractivity contribution < 1.29 is 25.2 Å². The molecule has 0 saturated carbocycles. The van der Waals surface area contributed by atoms with Gasteiger partial charge in [-0.2, -0.15) is 0 Å². The van der Waals surface area contributed by atoms with E-state index in [0.717, 1.165) is 71.6 Å². The van der Waals surface area contributed by atoms with Gasteiger partial charge >= 0.3 is 20.4 Å². The summed E-state index contributed by atoms with van der Waals surface area (Å²) in [4.78, 5) is 19.7. The molecule has 0 saturated heterocycles. The first-order valence-corrected chi connectivity index (χ1v) is 18.8. The molecule has 6 aromatic carbocycles. The van der Waals surface area contributed by atoms with Crippen LogP contribution >= 0.6 is 0 Å². The third-order valence-corrected chi connectivity index (χ3v) is 11.0. The van der Waals surface area contributed by atoms with E-state index in [1.807, 2.05) is 42.5 Å². The Morgan fingerprint density at radius 3 is 1.77 bits per heavy atom. The van der Waals surface area contributed by atoms with Gasteiger partial charge in [0.1, 0.15) is 5.65 Å². The molecular weight excluding hydrogens is 783 g/mol. The average molecular weight is 817 g/mol. The zero-order valence-corrected chi connectivity index (χ0v) is 32.7. The molecule has 8 heteroatoms. The fourth-order valence-electron chi connectivity index (χ4n) is 8.55. The Balaban J connectivity index is 0.00000384. The van der Waals surface area contributed by atoms with Crippen LogP contribution < -0.4 is 4.74 Å². The van der Waals surface area contributed by atoms with E-state index in [1.54, 1.807) is 12.4 Å². The Morgan fingerprint density at radius 1 is 0.536 bits per heavy atom. The molecule has 0 atom stereocenters. The Bertz CT molecular complexity index is 3350. The molecule has 0 fully saturated rings. The van der Waals surface area contributed by atoms with Gasteiger partial charge in [-0.3, -0.25) is 15.0 Å². The fraction of sp³-hybridized carbons (Fsp3) is 0.125. The standard InChI is InChI=1S/C48H34N6O.Pd/c1-27(2)31-11-9-12-32(28(3)4)43(31)35-13-10-18-42-44(35)33-21-19-29(25-36(33)46-51-38-14-5-7-16-40(38)53(42)46)55-30-20-22-34-37(26-30)47-52-39-15-6-8-17-41(39)54(47)48-45(34)49-23-24-50-48;/h5-24,27-28H,1-4H3;/q-2;+2. The van der Waals surface area contributed by atoms with Gasteiger partial charge in [0.05, 0.1) is 38.9 Å². The summed E-state index contributed by atoms with van der Waals surface area (Å²) in [6.45, 7) is 9.13. The van der Waals surface area contributed by atoms with Crippen molar-refractivity contribution in [3.63, 3.8) is 0 Å². The summed E-state index contributed by atoms with van der Waals surface area (Å²) in [6.07, 6.45) is 3.44. The monoisotopic (exact) mass is 816 g/mol. The van der Waals surface area contributed by atoms with E-state index in [4.69, 9.17) is 24.7 Å². The van der Waals surface area contributed by atoms with Crippen molar-refractivity contribution in [1.29, 1.82) is 0 Å². The van der Waals surface area contributed by atoms with Crippen LogP contribution in [0.5, 0.6) is 11.5 Å². The van der Waals surface area contributed by atoms with Gasteiger partial charge < -0.3 is 13.5 Å². The number of imidazole rings is 2. The van der Waals surface area contributed by atoms with Gasteiger partial charge in [0.25, 0.3) is 0 Å². The molecule has 5 heterocycles. The van der Waals surface area contributed by atoms with Crippen molar-refractivity contribution in [1.82, 2.24) is 28.7 Å². The Hall–Kier alpha value is -6.20.